The minimum Gasteiger partial charge on any atom is -0.339 e. The summed E-state index contributed by atoms with van der Waals surface area (Å²) in [4.78, 5) is 27.7. The van der Waals surface area contributed by atoms with Gasteiger partial charge in [-0.1, -0.05) is 24.3 Å². The van der Waals surface area contributed by atoms with Crippen LogP contribution in [0.3, 0.4) is 0 Å². The molecule has 0 atom stereocenters. The largest absolute Gasteiger partial charge is 0.339 e. The Morgan fingerprint density at radius 2 is 1.90 bits per heavy atom. The maximum atomic E-state index is 12.7. The first-order valence-corrected chi connectivity index (χ1v) is 10.9. The molecule has 4 rings (SSSR count). The lowest BCUT2D eigenvalue weighted by Crippen LogP contribution is -2.35. The fourth-order valence-corrected chi connectivity index (χ4v) is 3.78. The van der Waals surface area contributed by atoms with Crippen LogP contribution in [0.25, 0.3) is 11.2 Å². The Labute approximate surface area is 186 Å². The zero-order valence-corrected chi connectivity index (χ0v) is 18.2. The molecule has 1 aliphatic rings. The summed E-state index contributed by atoms with van der Waals surface area (Å²) >= 11 is 6.17. The highest BCUT2D eigenvalue weighted by Gasteiger charge is 2.18. The molecule has 1 fully saturated rings. The summed E-state index contributed by atoms with van der Waals surface area (Å²) in [7, 11) is 0. The molecule has 7 nitrogen and oxygen atoms in total. The number of rotatable bonds is 6. The highest BCUT2D eigenvalue weighted by atomic mass is 35.5. The smallest absolute Gasteiger partial charge is 0.253 e. The zero-order valence-electron chi connectivity index (χ0n) is 17.5. The summed E-state index contributed by atoms with van der Waals surface area (Å²) in [6.07, 6.45) is 13.0. The molecule has 2 aromatic heterocycles. The van der Waals surface area contributed by atoms with Crippen molar-refractivity contribution in [3.05, 3.63) is 65.7 Å². The summed E-state index contributed by atoms with van der Waals surface area (Å²) < 4.78 is 1.91. The monoisotopic (exact) mass is 436 g/mol. The molecule has 0 bridgehead atoms. The van der Waals surface area contributed by atoms with Crippen molar-refractivity contribution in [2.75, 3.05) is 18.4 Å². The molecule has 0 radical (unpaired) electrons. The third-order valence-corrected chi connectivity index (χ3v) is 5.39. The Morgan fingerprint density at radius 3 is 2.65 bits per heavy atom. The molecule has 1 amide bonds. The van der Waals surface area contributed by atoms with E-state index in [1.165, 1.54) is 6.42 Å². The van der Waals surface area contributed by atoms with E-state index in [4.69, 9.17) is 11.6 Å². The number of nitrogens with one attached hydrogen (secondary N) is 1. The number of fused-ring (bicyclic) bond motifs is 1. The standard InChI is InChI=1S/C23H25ClN6O/c1-2-3-4-6-15-30-16-25-19-20(27-23(24)28-21(19)30)26-18-11-9-17(10-12-18)22(31)29-13-7-5-8-14-29/h2-4,6,9-12,16H,5,7-8,13-15H2,1H3,(H,26,27,28)/b3-2-,6-4-. The van der Waals surface area contributed by atoms with Crippen LogP contribution in [0, 0.1) is 0 Å². The normalized spacial score (nSPS) is 14.7. The van der Waals surface area contributed by atoms with Crippen molar-refractivity contribution in [1.82, 2.24) is 24.4 Å². The quantitative estimate of drug-likeness (QED) is 0.435. The summed E-state index contributed by atoms with van der Waals surface area (Å²) in [5.74, 6) is 0.615. The number of piperidine rings is 1. The first-order chi connectivity index (χ1) is 15.2. The number of hydrogen-bond donors (Lipinski definition) is 1. The Bertz CT molecular complexity index is 1110. The molecule has 1 N–H and O–H groups in total. The van der Waals surface area contributed by atoms with E-state index in [-0.39, 0.29) is 11.2 Å². The average Bonchev–Trinajstić information content (AvgIpc) is 3.20. The van der Waals surface area contributed by atoms with Gasteiger partial charge in [-0.2, -0.15) is 9.97 Å². The van der Waals surface area contributed by atoms with E-state index in [1.807, 2.05) is 65.0 Å². The molecule has 1 aromatic carbocycles. The molecule has 1 aliphatic heterocycles. The number of benzene rings is 1. The number of imidazole rings is 1. The molecule has 0 saturated carbocycles. The molecule has 1 saturated heterocycles. The van der Waals surface area contributed by atoms with Gasteiger partial charge in [0.2, 0.25) is 5.28 Å². The minimum absolute atomic E-state index is 0.0865. The van der Waals surface area contributed by atoms with Crippen molar-refractivity contribution in [3.63, 3.8) is 0 Å². The van der Waals surface area contributed by atoms with Crippen molar-refractivity contribution in [2.24, 2.45) is 0 Å². The van der Waals surface area contributed by atoms with Gasteiger partial charge in [0.15, 0.2) is 17.0 Å². The number of carbonyl (C=O) groups excluding carboxylic acids is 1. The van der Waals surface area contributed by atoms with E-state index in [2.05, 4.69) is 20.3 Å². The Kier molecular flexibility index (Phi) is 6.62. The molecule has 0 aliphatic carbocycles. The molecule has 8 heteroatoms. The third-order valence-electron chi connectivity index (χ3n) is 5.22. The van der Waals surface area contributed by atoms with Crippen LogP contribution in [0.15, 0.2) is 54.9 Å². The van der Waals surface area contributed by atoms with E-state index in [0.29, 0.717) is 29.1 Å². The van der Waals surface area contributed by atoms with Crippen LogP contribution in [0.4, 0.5) is 11.5 Å². The van der Waals surface area contributed by atoms with E-state index >= 15 is 0 Å². The number of likely N-dealkylation sites (tertiary alicyclic amines) is 1. The van der Waals surface area contributed by atoms with E-state index < -0.39 is 0 Å². The van der Waals surface area contributed by atoms with Crippen LogP contribution >= 0.6 is 11.6 Å². The van der Waals surface area contributed by atoms with Crippen LogP contribution in [0.2, 0.25) is 5.28 Å². The van der Waals surface area contributed by atoms with Crippen LogP contribution in [-0.4, -0.2) is 43.4 Å². The highest BCUT2D eigenvalue weighted by Crippen LogP contribution is 2.25. The van der Waals surface area contributed by atoms with Gasteiger partial charge in [-0.25, -0.2) is 4.98 Å². The SMILES string of the molecule is C/C=C\C=C/Cn1cnc2c(Nc3ccc(C(=O)N4CCCCC4)cc3)nc(Cl)nc21. The number of amides is 1. The van der Waals surface area contributed by atoms with Gasteiger partial charge in [-0.15, -0.1) is 0 Å². The second-order valence-corrected chi connectivity index (χ2v) is 7.76. The van der Waals surface area contributed by atoms with Crippen molar-refractivity contribution >= 4 is 40.2 Å². The summed E-state index contributed by atoms with van der Waals surface area (Å²) in [5.41, 5.74) is 2.78. The molecular weight excluding hydrogens is 412 g/mol. The van der Waals surface area contributed by atoms with E-state index in [1.54, 1.807) is 6.33 Å². The van der Waals surface area contributed by atoms with Crippen LogP contribution in [0.1, 0.15) is 36.5 Å². The fraction of sp³-hybridized carbons (Fsp3) is 0.304. The number of halogens is 1. The van der Waals surface area contributed by atoms with Gasteiger partial charge in [0, 0.05) is 30.9 Å². The Morgan fingerprint density at radius 1 is 1.13 bits per heavy atom. The van der Waals surface area contributed by atoms with E-state index in [9.17, 15) is 4.79 Å². The second kappa shape index (κ2) is 9.75. The first kappa shape index (κ1) is 21.1. The number of anilines is 2. The van der Waals surface area contributed by atoms with Gasteiger partial charge in [0.25, 0.3) is 5.91 Å². The van der Waals surface area contributed by atoms with Crippen molar-refractivity contribution in [1.29, 1.82) is 0 Å². The summed E-state index contributed by atoms with van der Waals surface area (Å²) in [6.45, 7) is 4.27. The third kappa shape index (κ3) is 4.94. The lowest BCUT2D eigenvalue weighted by atomic mass is 10.1. The lowest BCUT2D eigenvalue weighted by molar-refractivity contribution is 0.0724. The van der Waals surface area contributed by atoms with Gasteiger partial charge in [-0.05, 0) is 62.1 Å². The summed E-state index contributed by atoms with van der Waals surface area (Å²) in [5, 5.41) is 3.40. The number of carbonyl (C=O) groups is 1. The van der Waals surface area contributed by atoms with Crippen LogP contribution in [0.5, 0.6) is 0 Å². The van der Waals surface area contributed by atoms with E-state index in [0.717, 1.165) is 31.6 Å². The molecular formula is C23H25ClN6O. The maximum Gasteiger partial charge on any atom is 0.253 e. The lowest BCUT2D eigenvalue weighted by Gasteiger charge is -2.26. The predicted octanol–water partition coefficient (Wildman–Crippen LogP) is 4.98. The van der Waals surface area contributed by atoms with Gasteiger partial charge >= 0.3 is 0 Å². The Balaban J connectivity index is 1.53. The molecule has 0 spiro atoms. The van der Waals surface area contributed by atoms with Gasteiger partial charge in [0.05, 0.1) is 6.33 Å². The zero-order chi connectivity index (χ0) is 21.6. The predicted molar refractivity (Wildman–Crippen MR) is 124 cm³/mol. The highest BCUT2D eigenvalue weighted by molar-refractivity contribution is 6.28. The minimum atomic E-state index is 0.0865. The van der Waals surface area contributed by atoms with Crippen molar-refractivity contribution < 1.29 is 4.79 Å². The molecule has 160 valence electrons. The molecule has 31 heavy (non-hydrogen) atoms. The van der Waals surface area contributed by atoms with Crippen molar-refractivity contribution in [2.45, 2.75) is 32.7 Å². The topological polar surface area (TPSA) is 75.9 Å². The number of hydrogen-bond acceptors (Lipinski definition) is 5. The number of aromatic nitrogens is 4. The Hall–Kier alpha value is -3.19. The average molecular weight is 437 g/mol. The first-order valence-electron chi connectivity index (χ1n) is 10.5. The molecule has 0 unspecified atom stereocenters. The number of nitrogens with zero attached hydrogens (tertiary/aromatic N) is 5. The van der Waals surface area contributed by atoms with Gasteiger partial charge in [-0.3, -0.25) is 4.79 Å². The van der Waals surface area contributed by atoms with Crippen LogP contribution in [-0.2, 0) is 6.54 Å². The van der Waals surface area contributed by atoms with Gasteiger partial charge in [0.1, 0.15) is 0 Å². The maximum absolute atomic E-state index is 12.7. The fourth-order valence-electron chi connectivity index (χ4n) is 3.61. The summed E-state index contributed by atoms with van der Waals surface area (Å²) in [6, 6.07) is 7.42. The van der Waals surface area contributed by atoms with Crippen molar-refractivity contribution in [3.8, 4) is 0 Å². The second-order valence-electron chi connectivity index (χ2n) is 7.42. The van der Waals surface area contributed by atoms with Crippen LogP contribution < -0.4 is 5.32 Å². The molecule has 3 aromatic rings. The number of allylic oxidation sites excluding steroid dienone is 4. The molecule has 3 heterocycles. The van der Waals surface area contributed by atoms with Gasteiger partial charge < -0.3 is 14.8 Å².